The molecule has 0 bridgehead atoms. The molecule has 0 spiro atoms. The smallest absolute Gasteiger partial charge is 0.296 e. The molecule has 0 atom stereocenters. The van der Waals surface area contributed by atoms with Crippen LogP contribution in [0, 0.1) is 6.92 Å². The van der Waals surface area contributed by atoms with Crippen LogP contribution in [0.5, 0.6) is 11.8 Å². The maximum absolute atomic E-state index is 13.3. The molecule has 1 aromatic carbocycles. The number of benzene rings is 1. The Bertz CT molecular complexity index is 1350. The van der Waals surface area contributed by atoms with Crippen molar-refractivity contribution in [3.8, 4) is 11.8 Å². The molecule has 0 aliphatic carbocycles. The van der Waals surface area contributed by atoms with Gasteiger partial charge in [0.2, 0.25) is 11.8 Å². The van der Waals surface area contributed by atoms with Crippen LogP contribution in [0.3, 0.4) is 0 Å². The topological polar surface area (TPSA) is 95.3 Å². The average Bonchev–Trinajstić information content (AvgIpc) is 3.10. The zero-order valence-electron chi connectivity index (χ0n) is 18.3. The summed E-state index contributed by atoms with van der Waals surface area (Å²) in [4.78, 5) is 34.6. The first-order valence-electron chi connectivity index (χ1n) is 10.0. The molecular weight excluding hydrogens is 444 g/mol. The molecule has 168 valence electrons. The summed E-state index contributed by atoms with van der Waals surface area (Å²) < 4.78 is 12.3. The number of halogens is 1. The fourth-order valence-electron chi connectivity index (χ4n) is 3.58. The van der Waals surface area contributed by atoms with Crippen molar-refractivity contribution in [2.24, 2.45) is 0 Å². The number of anilines is 1. The number of nitrogens with zero attached hydrogens (tertiary/aromatic N) is 3. The van der Waals surface area contributed by atoms with E-state index in [4.69, 9.17) is 21.1 Å². The lowest BCUT2D eigenvalue weighted by Gasteiger charge is -2.09. The molecule has 0 aliphatic rings. The van der Waals surface area contributed by atoms with Crippen molar-refractivity contribution in [2.45, 2.75) is 13.5 Å². The van der Waals surface area contributed by atoms with Crippen molar-refractivity contribution < 1.29 is 19.1 Å². The predicted molar refractivity (Wildman–Crippen MR) is 125 cm³/mol. The summed E-state index contributed by atoms with van der Waals surface area (Å²) in [7, 11) is 2.97. The molecule has 4 aromatic rings. The summed E-state index contributed by atoms with van der Waals surface area (Å²) in [5.41, 5.74) is 3.33. The Morgan fingerprint density at radius 3 is 2.45 bits per heavy atom. The Labute approximate surface area is 195 Å². The molecule has 0 saturated heterocycles. The molecule has 0 unspecified atom stereocenters. The molecule has 8 nitrogen and oxygen atoms in total. The zero-order valence-corrected chi connectivity index (χ0v) is 19.0. The van der Waals surface area contributed by atoms with E-state index in [0.717, 1.165) is 5.56 Å². The average molecular weight is 465 g/mol. The van der Waals surface area contributed by atoms with Gasteiger partial charge in [0.25, 0.3) is 11.7 Å². The minimum atomic E-state index is -0.790. The van der Waals surface area contributed by atoms with Gasteiger partial charge in [-0.05, 0) is 36.8 Å². The third-order valence-corrected chi connectivity index (χ3v) is 5.49. The van der Waals surface area contributed by atoms with E-state index in [1.165, 1.54) is 26.5 Å². The van der Waals surface area contributed by atoms with Crippen LogP contribution in [0.25, 0.3) is 11.0 Å². The van der Waals surface area contributed by atoms with Crippen LogP contribution >= 0.6 is 11.6 Å². The number of ketones is 1. The molecule has 0 aliphatic heterocycles. The summed E-state index contributed by atoms with van der Waals surface area (Å²) >= 11 is 6.01. The largest absolute Gasteiger partial charge is 0.481 e. The summed E-state index contributed by atoms with van der Waals surface area (Å²) in [5.74, 6) is -0.827. The Morgan fingerprint density at radius 2 is 1.76 bits per heavy atom. The van der Waals surface area contributed by atoms with Crippen molar-refractivity contribution in [3.05, 3.63) is 76.6 Å². The van der Waals surface area contributed by atoms with E-state index < -0.39 is 11.7 Å². The minimum absolute atomic E-state index is 0.219. The lowest BCUT2D eigenvalue weighted by molar-refractivity contribution is -0.112. The SMILES string of the molecule is COc1cc(NC(=O)C(=O)c2c(C)n(Cc3ccc(Cl)cc3)c3ccc(OC)nc23)ccn1. The molecule has 3 heterocycles. The number of hydrogen-bond donors (Lipinski definition) is 1. The second kappa shape index (κ2) is 9.30. The maximum Gasteiger partial charge on any atom is 0.296 e. The summed E-state index contributed by atoms with van der Waals surface area (Å²) in [5, 5.41) is 3.25. The molecule has 33 heavy (non-hydrogen) atoms. The maximum atomic E-state index is 13.3. The fourth-order valence-corrected chi connectivity index (χ4v) is 3.71. The number of ether oxygens (including phenoxy) is 2. The highest BCUT2D eigenvalue weighted by molar-refractivity contribution is 6.48. The van der Waals surface area contributed by atoms with E-state index in [0.29, 0.717) is 45.7 Å². The van der Waals surface area contributed by atoms with Gasteiger partial charge in [-0.2, -0.15) is 0 Å². The van der Waals surface area contributed by atoms with Gasteiger partial charge < -0.3 is 19.4 Å². The van der Waals surface area contributed by atoms with Gasteiger partial charge in [-0.1, -0.05) is 23.7 Å². The van der Waals surface area contributed by atoms with Crippen LogP contribution in [0.1, 0.15) is 21.6 Å². The molecular formula is C24H21ClN4O4. The van der Waals surface area contributed by atoms with E-state index in [1.54, 1.807) is 19.1 Å². The van der Waals surface area contributed by atoms with Crippen LogP contribution in [-0.4, -0.2) is 40.4 Å². The van der Waals surface area contributed by atoms with E-state index >= 15 is 0 Å². The van der Waals surface area contributed by atoms with Crippen LogP contribution in [0.2, 0.25) is 5.02 Å². The summed E-state index contributed by atoms with van der Waals surface area (Å²) in [6.07, 6.45) is 1.48. The monoisotopic (exact) mass is 464 g/mol. The predicted octanol–water partition coefficient (Wildman–Crippen LogP) is 4.28. The van der Waals surface area contributed by atoms with Crippen molar-refractivity contribution in [2.75, 3.05) is 19.5 Å². The Kier molecular flexibility index (Phi) is 6.28. The van der Waals surface area contributed by atoms with Gasteiger partial charge in [-0.25, -0.2) is 9.97 Å². The molecule has 0 fully saturated rings. The first-order valence-corrected chi connectivity index (χ1v) is 10.4. The van der Waals surface area contributed by atoms with Gasteiger partial charge in [-0.3, -0.25) is 9.59 Å². The Hall–Kier alpha value is -3.91. The van der Waals surface area contributed by atoms with Gasteiger partial charge in [0, 0.05) is 41.3 Å². The van der Waals surface area contributed by atoms with E-state index in [-0.39, 0.29) is 5.56 Å². The van der Waals surface area contributed by atoms with Gasteiger partial charge in [0.15, 0.2) is 0 Å². The Balaban J connectivity index is 1.75. The molecule has 1 amide bonds. The number of rotatable bonds is 7. The summed E-state index contributed by atoms with van der Waals surface area (Å²) in [6.45, 7) is 2.27. The van der Waals surface area contributed by atoms with Gasteiger partial charge in [0.1, 0.15) is 5.52 Å². The lowest BCUT2D eigenvalue weighted by atomic mass is 10.1. The number of nitrogens with one attached hydrogen (secondary N) is 1. The number of pyridine rings is 2. The first-order chi connectivity index (χ1) is 15.9. The lowest BCUT2D eigenvalue weighted by Crippen LogP contribution is -2.23. The highest BCUT2D eigenvalue weighted by Crippen LogP contribution is 2.28. The number of methoxy groups -OCH3 is 2. The van der Waals surface area contributed by atoms with E-state index in [1.807, 2.05) is 34.9 Å². The van der Waals surface area contributed by atoms with Crippen LogP contribution < -0.4 is 14.8 Å². The van der Waals surface area contributed by atoms with Crippen molar-refractivity contribution in [3.63, 3.8) is 0 Å². The van der Waals surface area contributed by atoms with Gasteiger partial charge in [-0.15, -0.1) is 0 Å². The second-order valence-electron chi connectivity index (χ2n) is 7.26. The van der Waals surface area contributed by atoms with Crippen molar-refractivity contribution in [1.82, 2.24) is 14.5 Å². The van der Waals surface area contributed by atoms with E-state index in [2.05, 4.69) is 15.3 Å². The minimum Gasteiger partial charge on any atom is -0.481 e. The van der Waals surface area contributed by atoms with Gasteiger partial charge in [0.05, 0.1) is 25.3 Å². The molecule has 1 N–H and O–H groups in total. The number of amides is 1. The molecule has 4 rings (SSSR count). The van der Waals surface area contributed by atoms with Crippen LogP contribution in [0.15, 0.2) is 54.7 Å². The third-order valence-electron chi connectivity index (χ3n) is 5.24. The third kappa shape index (κ3) is 4.51. The number of hydrogen-bond acceptors (Lipinski definition) is 6. The highest BCUT2D eigenvalue weighted by atomic mass is 35.5. The highest BCUT2D eigenvalue weighted by Gasteiger charge is 2.27. The second-order valence-corrected chi connectivity index (χ2v) is 7.70. The van der Waals surface area contributed by atoms with Crippen LogP contribution in [0.4, 0.5) is 5.69 Å². The molecule has 0 saturated carbocycles. The van der Waals surface area contributed by atoms with Crippen LogP contribution in [-0.2, 0) is 11.3 Å². The van der Waals surface area contributed by atoms with Crippen molar-refractivity contribution >= 4 is 40.0 Å². The number of fused-ring (bicyclic) bond motifs is 1. The normalized spacial score (nSPS) is 10.8. The van der Waals surface area contributed by atoms with Crippen molar-refractivity contribution in [1.29, 1.82) is 0 Å². The zero-order chi connectivity index (χ0) is 23.5. The number of Topliss-reactive ketones (excluding diaryl/α,β-unsaturated/α-hetero) is 1. The fraction of sp³-hybridized carbons (Fsp3) is 0.167. The number of carbonyl (C=O) groups is 2. The van der Waals surface area contributed by atoms with Gasteiger partial charge >= 0.3 is 0 Å². The van der Waals surface area contributed by atoms with E-state index in [9.17, 15) is 9.59 Å². The number of carbonyl (C=O) groups excluding carboxylic acids is 2. The standard InChI is InChI=1S/C24H21ClN4O4/c1-14-21(23(30)24(31)27-17-10-11-26-20(12-17)33-3)22-18(8-9-19(28-22)32-2)29(14)13-15-4-6-16(25)7-5-15/h4-12H,13H2,1-3H3,(H,26,27,31). The molecule has 3 aromatic heterocycles. The molecule has 0 radical (unpaired) electrons. The first kappa shape index (κ1) is 22.3. The Morgan fingerprint density at radius 1 is 1.03 bits per heavy atom. The molecule has 9 heteroatoms. The quantitative estimate of drug-likeness (QED) is 0.324. The number of aromatic nitrogens is 3. The summed E-state index contributed by atoms with van der Waals surface area (Å²) in [6, 6.07) is 14.1.